The average Bonchev–Trinajstić information content (AvgIpc) is 2.72. The van der Waals surface area contributed by atoms with Gasteiger partial charge in [-0.05, 0) is 30.5 Å². The largest absolute Gasteiger partial charge is 0.359 e. The minimum absolute atomic E-state index is 0.117. The zero-order chi connectivity index (χ0) is 19.3. The van der Waals surface area contributed by atoms with E-state index >= 15 is 0 Å². The molecule has 6 nitrogen and oxygen atoms in total. The fourth-order valence-corrected chi connectivity index (χ4v) is 3.68. The van der Waals surface area contributed by atoms with Gasteiger partial charge in [-0.3, -0.25) is 9.69 Å². The molecule has 2 aromatic carbocycles. The lowest BCUT2D eigenvalue weighted by atomic mass is 10.0. The van der Waals surface area contributed by atoms with E-state index in [-0.39, 0.29) is 23.2 Å². The Morgan fingerprint density at radius 2 is 1.75 bits per heavy atom. The number of rotatable bonds is 4. The van der Waals surface area contributed by atoms with Gasteiger partial charge in [0.15, 0.2) is 0 Å². The van der Waals surface area contributed by atoms with Crippen LogP contribution in [0.5, 0.6) is 0 Å². The standard InChI is InChI=1S/C22H24N4O2/c27-21-18-8-4-5-9-19(18)23-14-20(21)25-22(28)24-17-10-12-26(13-11-17)15-16-6-2-1-3-7-16/h1-9,14,17H,10-13,15H2,(H,23,27)(H2,24,25,28). The minimum atomic E-state index is -0.331. The molecule has 0 unspecified atom stereocenters. The molecule has 1 aromatic heterocycles. The summed E-state index contributed by atoms with van der Waals surface area (Å²) in [4.78, 5) is 30.3. The lowest BCUT2D eigenvalue weighted by molar-refractivity contribution is 0.190. The Hall–Kier alpha value is -3.12. The number of aromatic nitrogens is 1. The molecule has 0 spiro atoms. The number of hydrogen-bond acceptors (Lipinski definition) is 3. The highest BCUT2D eigenvalue weighted by atomic mass is 16.2. The Labute approximate surface area is 163 Å². The van der Waals surface area contributed by atoms with Crippen LogP contribution in [0, 0.1) is 0 Å². The van der Waals surface area contributed by atoms with Gasteiger partial charge in [-0.15, -0.1) is 0 Å². The van der Waals surface area contributed by atoms with E-state index in [2.05, 4.69) is 44.8 Å². The Kier molecular flexibility index (Phi) is 5.39. The summed E-state index contributed by atoms with van der Waals surface area (Å²) in [5, 5.41) is 6.26. The third-order valence-electron chi connectivity index (χ3n) is 5.21. The third-order valence-corrected chi connectivity index (χ3v) is 5.21. The number of anilines is 1. The number of carbonyl (C=O) groups is 1. The second kappa shape index (κ2) is 8.27. The van der Waals surface area contributed by atoms with Gasteiger partial charge in [0.25, 0.3) is 0 Å². The molecule has 0 radical (unpaired) electrons. The molecule has 4 rings (SSSR count). The lowest BCUT2D eigenvalue weighted by Gasteiger charge is -2.32. The molecule has 0 aliphatic carbocycles. The molecule has 1 fully saturated rings. The van der Waals surface area contributed by atoms with Crippen LogP contribution >= 0.6 is 0 Å². The second-order valence-electron chi connectivity index (χ2n) is 7.21. The van der Waals surface area contributed by atoms with E-state index in [0.717, 1.165) is 38.0 Å². The van der Waals surface area contributed by atoms with Crippen LogP contribution < -0.4 is 16.1 Å². The normalized spacial score (nSPS) is 15.4. The number of para-hydroxylation sites is 1. The van der Waals surface area contributed by atoms with Crippen molar-refractivity contribution >= 4 is 22.6 Å². The zero-order valence-corrected chi connectivity index (χ0v) is 15.7. The zero-order valence-electron chi connectivity index (χ0n) is 15.7. The number of pyridine rings is 1. The van der Waals surface area contributed by atoms with Crippen molar-refractivity contribution in [3.8, 4) is 0 Å². The van der Waals surface area contributed by atoms with E-state index in [1.54, 1.807) is 12.3 Å². The Balaban J connectivity index is 1.30. The van der Waals surface area contributed by atoms with Crippen LogP contribution in [-0.2, 0) is 6.54 Å². The molecule has 1 aliphatic heterocycles. The van der Waals surface area contributed by atoms with Crippen molar-refractivity contribution in [2.45, 2.75) is 25.4 Å². The van der Waals surface area contributed by atoms with Crippen molar-refractivity contribution in [3.63, 3.8) is 0 Å². The number of amides is 2. The van der Waals surface area contributed by atoms with Crippen molar-refractivity contribution < 1.29 is 4.79 Å². The number of urea groups is 1. The Morgan fingerprint density at radius 3 is 2.54 bits per heavy atom. The number of fused-ring (bicyclic) bond motifs is 1. The topological polar surface area (TPSA) is 77.2 Å². The summed E-state index contributed by atoms with van der Waals surface area (Å²) in [5.74, 6) is 0. The van der Waals surface area contributed by atoms with Crippen molar-refractivity contribution in [2.24, 2.45) is 0 Å². The molecule has 0 bridgehead atoms. The number of hydrogen-bond donors (Lipinski definition) is 3. The highest BCUT2D eigenvalue weighted by molar-refractivity contribution is 5.92. The Morgan fingerprint density at radius 1 is 1.04 bits per heavy atom. The summed E-state index contributed by atoms with van der Waals surface area (Å²) in [6.07, 6.45) is 3.34. The molecule has 1 aliphatic rings. The summed E-state index contributed by atoms with van der Waals surface area (Å²) in [7, 11) is 0. The number of benzene rings is 2. The summed E-state index contributed by atoms with van der Waals surface area (Å²) in [5.41, 5.74) is 2.14. The van der Waals surface area contributed by atoms with E-state index in [1.165, 1.54) is 5.56 Å². The molecule has 144 valence electrons. The van der Waals surface area contributed by atoms with Crippen LogP contribution in [0.2, 0.25) is 0 Å². The van der Waals surface area contributed by atoms with Gasteiger partial charge < -0.3 is 15.6 Å². The molecule has 1 saturated heterocycles. The molecule has 0 atom stereocenters. The second-order valence-corrected chi connectivity index (χ2v) is 7.21. The maximum Gasteiger partial charge on any atom is 0.319 e. The highest BCUT2D eigenvalue weighted by Gasteiger charge is 2.21. The quantitative estimate of drug-likeness (QED) is 0.654. The number of nitrogens with zero attached hydrogens (tertiary/aromatic N) is 1. The average molecular weight is 376 g/mol. The van der Waals surface area contributed by atoms with Crippen LogP contribution in [-0.4, -0.2) is 35.0 Å². The maximum absolute atomic E-state index is 12.5. The van der Waals surface area contributed by atoms with Crippen molar-refractivity contribution in [1.29, 1.82) is 0 Å². The predicted octanol–water partition coefficient (Wildman–Crippen LogP) is 3.31. The van der Waals surface area contributed by atoms with Crippen LogP contribution in [0.25, 0.3) is 10.9 Å². The first-order chi connectivity index (χ1) is 13.7. The molecule has 0 saturated carbocycles. The lowest BCUT2D eigenvalue weighted by Crippen LogP contribution is -2.46. The van der Waals surface area contributed by atoms with Crippen molar-refractivity contribution in [2.75, 3.05) is 18.4 Å². The number of aromatic amines is 1. The van der Waals surface area contributed by atoms with Crippen molar-refractivity contribution in [3.05, 3.63) is 76.6 Å². The van der Waals surface area contributed by atoms with Crippen LogP contribution in [0.1, 0.15) is 18.4 Å². The smallest absolute Gasteiger partial charge is 0.319 e. The van der Waals surface area contributed by atoms with Crippen LogP contribution in [0.15, 0.2) is 65.6 Å². The molecule has 2 heterocycles. The van der Waals surface area contributed by atoms with Crippen LogP contribution in [0.3, 0.4) is 0 Å². The first-order valence-corrected chi connectivity index (χ1v) is 9.63. The van der Waals surface area contributed by atoms with E-state index in [9.17, 15) is 9.59 Å². The number of nitrogens with one attached hydrogen (secondary N) is 3. The van der Waals surface area contributed by atoms with Crippen LogP contribution in [0.4, 0.5) is 10.5 Å². The van der Waals surface area contributed by atoms with Gasteiger partial charge in [-0.25, -0.2) is 4.79 Å². The van der Waals surface area contributed by atoms with Crippen molar-refractivity contribution in [1.82, 2.24) is 15.2 Å². The van der Waals surface area contributed by atoms with Gasteiger partial charge in [-0.2, -0.15) is 0 Å². The minimum Gasteiger partial charge on any atom is -0.359 e. The highest BCUT2D eigenvalue weighted by Crippen LogP contribution is 2.14. The fourth-order valence-electron chi connectivity index (χ4n) is 3.68. The molecule has 3 N–H and O–H groups in total. The summed E-state index contributed by atoms with van der Waals surface area (Å²) < 4.78 is 0. The van der Waals surface area contributed by atoms with Gasteiger partial charge in [-0.1, -0.05) is 42.5 Å². The number of likely N-dealkylation sites (tertiary alicyclic amines) is 1. The first-order valence-electron chi connectivity index (χ1n) is 9.63. The van der Waals surface area contributed by atoms with Gasteiger partial charge in [0, 0.05) is 42.8 Å². The molecule has 2 amide bonds. The van der Waals surface area contributed by atoms with Gasteiger partial charge >= 0.3 is 6.03 Å². The van der Waals surface area contributed by atoms with E-state index < -0.39 is 0 Å². The summed E-state index contributed by atoms with van der Waals surface area (Å²) in [6, 6.07) is 17.5. The van der Waals surface area contributed by atoms with Gasteiger partial charge in [0.1, 0.15) is 5.69 Å². The predicted molar refractivity (Wildman–Crippen MR) is 111 cm³/mol. The Bertz CT molecular complexity index is 1010. The van der Waals surface area contributed by atoms with Gasteiger partial charge in [0.05, 0.1) is 0 Å². The van der Waals surface area contributed by atoms with Gasteiger partial charge in [0.2, 0.25) is 5.43 Å². The summed E-state index contributed by atoms with van der Waals surface area (Å²) >= 11 is 0. The number of H-pyrrole nitrogens is 1. The van der Waals surface area contributed by atoms with E-state index in [4.69, 9.17) is 0 Å². The summed E-state index contributed by atoms with van der Waals surface area (Å²) in [6.45, 7) is 2.82. The SMILES string of the molecule is O=C(Nc1c[nH]c2ccccc2c1=O)NC1CCN(Cc2ccccc2)CC1. The third kappa shape index (κ3) is 4.23. The molecule has 6 heteroatoms. The molecular formula is C22H24N4O2. The van der Waals surface area contributed by atoms with E-state index in [0.29, 0.717) is 5.39 Å². The number of carbonyl (C=O) groups excluding carboxylic acids is 1. The number of piperidine rings is 1. The van der Waals surface area contributed by atoms with E-state index in [1.807, 2.05) is 24.3 Å². The molecular weight excluding hydrogens is 352 g/mol. The molecule has 3 aromatic rings. The first kappa shape index (κ1) is 18.3. The fraction of sp³-hybridized carbons (Fsp3) is 0.273. The maximum atomic E-state index is 12.5. The molecule has 28 heavy (non-hydrogen) atoms. The monoisotopic (exact) mass is 376 g/mol.